The van der Waals surface area contributed by atoms with E-state index in [0.29, 0.717) is 5.92 Å². The minimum atomic E-state index is -0.420. The first-order chi connectivity index (χ1) is 12.2. The number of benzene rings is 2. The predicted molar refractivity (Wildman–Crippen MR) is 115 cm³/mol. The van der Waals surface area contributed by atoms with Crippen LogP contribution in [0.4, 0.5) is 0 Å². The molecular weight excluding hydrogens is 386 g/mol. The summed E-state index contributed by atoms with van der Waals surface area (Å²) >= 11 is 0. The molecule has 2 aromatic carbocycles. The molecule has 0 heterocycles. The summed E-state index contributed by atoms with van der Waals surface area (Å²) in [6, 6.07) is 21.3. The Labute approximate surface area is 169 Å². The van der Waals surface area contributed by atoms with Gasteiger partial charge in [0.2, 0.25) is 0 Å². The maximum Gasteiger partial charge on any atom is 0.121 e. The van der Waals surface area contributed by atoms with Crippen LogP contribution in [0.25, 0.3) is 0 Å². The molecule has 3 rings (SSSR count). The molecule has 0 amide bonds. The van der Waals surface area contributed by atoms with Crippen molar-refractivity contribution in [3.05, 3.63) is 71.8 Å². The molecule has 0 spiro atoms. The van der Waals surface area contributed by atoms with Crippen LogP contribution in [0, 0.1) is 11.8 Å². The standard InChI is InChI=1S/C23H31NO.BrH/c1-19(17-24(2)18-20-11-10-12-20)23(25-3,21-13-6-4-7-14-21)22-15-8-5-9-16-22;/h4-9,13-16,19-20H,10-12,17-18H2,1-3H3;1H. The molecule has 0 aliphatic heterocycles. The number of halogens is 1. The molecule has 1 aliphatic rings. The Morgan fingerprint density at radius 3 is 1.88 bits per heavy atom. The zero-order valence-electron chi connectivity index (χ0n) is 16.2. The van der Waals surface area contributed by atoms with E-state index in [1.165, 1.54) is 36.9 Å². The van der Waals surface area contributed by atoms with Crippen LogP contribution in [0.1, 0.15) is 37.3 Å². The first-order valence-corrected chi connectivity index (χ1v) is 9.51. The van der Waals surface area contributed by atoms with Crippen LogP contribution >= 0.6 is 17.0 Å². The van der Waals surface area contributed by atoms with E-state index in [1.807, 2.05) is 7.11 Å². The van der Waals surface area contributed by atoms with E-state index in [9.17, 15) is 0 Å². The summed E-state index contributed by atoms with van der Waals surface area (Å²) in [5.41, 5.74) is 2.04. The Morgan fingerprint density at radius 2 is 1.50 bits per heavy atom. The van der Waals surface area contributed by atoms with E-state index in [1.54, 1.807) is 0 Å². The molecule has 1 fully saturated rings. The molecule has 0 radical (unpaired) electrons. The second-order valence-corrected chi connectivity index (χ2v) is 7.59. The van der Waals surface area contributed by atoms with Gasteiger partial charge in [0.15, 0.2) is 0 Å². The Bertz CT molecular complexity index is 602. The van der Waals surface area contributed by atoms with Crippen molar-refractivity contribution in [2.75, 3.05) is 27.2 Å². The van der Waals surface area contributed by atoms with E-state index >= 15 is 0 Å². The lowest BCUT2D eigenvalue weighted by atomic mass is 9.76. The van der Waals surface area contributed by atoms with E-state index < -0.39 is 5.60 Å². The lowest BCUT2D eigenvalue weighted by Gasteiger charge is -2.41. The molecule has 1 atom stereocenters. The number of rotatable bonds is 8. The Morgan fingerprint density at radius 1 is 1.00 bits per heavy atom. The summed E-state index contributed by atoms with van der Waals surface area (Å²) < 4.78 is 6.29. The van der Waals surface area contributed by atoms with Crippen LogP contribution in [0.3, 0.4) is 0 Å². The van der Waals surface area contributed by atoms with Gasteiger partial charge in [0, 0.05) is 26.1 Å². The Kier molecular flexibility index (Phi) is 7.87. The van der Waals surface area contributed by atoms with Crippen molar-refractivity contribution in [3.8, 4) is 0 Å². The first-order valence-electron chi connectivity index (χ1n) is 9.51. The first kappa shape index (κ1) is 21.1. The van der Waals surface area contributed by atoms with Crippen LogP contribution in [0.15, 0.2) is 60.7 Å². The average molecular weight is 418 g/mol. The van der Waals surface area contributed by atoms with Crippen molar-refractivity contribution < 1.29 is 4.74 Å². The van der Waals surface area contributed by atoms with Gasteiger partial charge in [-0.2, -0.15) is 0 Å². The monoisotopic (exact) mass is 417 g/mol. The number of hydrogen-bond acceptors (Lipinski definition) is 2. The number of hydrogen-bond donors (Lipinski definition) is 0. The quantitative estimate of drug-likeness (QED) is 0.560. The summed E-state index contributed by atoms with van der Waals surface area (Å²) in [4.78, 5) is 2.49. The molecule has 1 saturated carbocycles. The molecular formula is C23H32BrNO. The fourth-order valence-electron chi connectivity index (χ4n) is 4.33. The predicted octanol–water partition coefficient (Wildman–Crippen LogP) is 5.52. The van der Waals surface area contributed by atoms with E-state index in [2.05, 4.69) is 79.5 Å². The summed E-state index contributed by atoms with van der Waals surface area (Å²) in [5.74, 6) is 1.23. The molecule has 3 heteroatoms. The molecule has 1 aliphatic carbocycles. The van der Waals surface area contributed by atoms with Crippen molar-refractivity contribution in [1.82, 2.24) is 4.90 Å². The Hall–Kier alpha value is -1.16. The average Bonchev–Trinajstić information content (AvgIpc) is 2.61. The van der Waals surface area contributed by atoms with Crippen LogP contribution in [-0.4, -0.2) is 32.1 Å². The highest BCUT2D eigenvalue weighted by molar-refractivity contribution is 8.93. The van der Waals surface area contributed by atoms with Crippen molar-refractivity contribution in [2.24, 2.45) is 11.8 Å². The molecule has 0 bridgehead atoms. The van der Waals surface area contributed by atoms with E-state index in [-0.39, 0.29) is 17.0 Å². The topological polar surface area (TPSA) is 12.5 Å². The van der Waals surface area contributed by atoms with Crippen molar-refractivity contribution in [2.45, 2.75) is 31.8 Å². The fourth-order valence-corrected chi connectivity index (χ4v) is 4.33. The van der Waals surface area contributed by atoms with Gasteiger partial charge < -0.3 is 9.64 Å². The number of methoxy groups -OCH3 is 1. The third-order valence-electron chi connectivity index (χ3n) is 5.80. The van der Waals surface area contributed by atoms with Crippen LogP contribution in [-0.2, 0) is 10.3 Å². The SMILES string of the molecule is Br.COC(c1ccccc1)(c1ccccc1)C(C)CN(C)CC1CCC1. The van der Waals surface area contributed by atoms with Gasteiger partial charge in [0.1, 0.15) is 5.60 Å². The zero-order chi connectivity index (χ0) is 17.7. The van der Waals surface area contributed by atoms with Gasteiger partial charge in [-0.25, -0.2) is 0 Å². The largest absolute Gasteiger partial charge is 0.368 e. The molecule has 2 aromatic rings. The zero-order valence-corrected chi connectivity index (χ0v) is 17.9. The molecule has 142 valence electrons. The fraction of sp³-hybridized carbons (Fsp3) is 0.478. The number of ether oxygens (including phenoxy) is 1. The molecule has 0 N–H and O–H groups in total. The lowest BCUT2D eigenvalue weighted by molar-refractivity contribution is -0.0340. The minimum Gasteiger partial charge on any atom is -0.368 e. The maximum absolute atomic E-state index is 6.29. The summed E-state index contributed by atoms with van der Waals surface area (Å²) in [6.45, 7) is 4.54. The summed E-state index contributed by atoms with van der Waals surface area (Å²) in [5, 5.41) is 0. The molecule has 0 aromatic heterocycles. The van der Waals surface area contributed by atoms with Gasteiger partial charge in [-0.15, -0.1) is 17.0 Å². The Balaban J connectivity index is 0.00000243. The van der Waals surface area contributed by atoms with E-state index in [4.69, 9.17) is 4.74 Å². The van der Waals surface area contributed by atoms with Crippen molar-refractivity contribution in [3.63, 3.8) is 0 Å². The molecule has 26 heavy (non-hydrogen) atoms. The summed E-state index contributed by atoms with van der Waals surface area (Å²) in [7, 11) is 4.10. The van der Waals surface area contributed by atoms with Gasteiger partial charge in [0.25, 0.3) is 0 Å². The van der Waals surface area contributed by atoms with Gasteiger partial charge >= 0.3 is 0 Å². The van der Waals surface area contributed by atoms with Crippen molar-refractivity contribution >= 4 is 17.0 Å². The number of nitrogens with zero attached hydrogens (tertiary/aromatic N) is 1. The van der Waals surface area contributed by atoms with Gasteiger partial charge in [-0.05, 0) is 36.9 Å². The summed E-state index contributed by atoms with van der Waals surface area (Å²) in [6.07, 6.45) is 4.20. The van der Waals surface area contributed by atoms with E-state index in [0.717, 1.165) is 12.5 Å². The van der Waals surface area contributed by atoms with Gasteiger partial charge in [-0.3, -0.25) is 0 Å². The van der Waals surface area contributed by atoms with Crippen LogP contribution < -0.4 is 0 Å². The highest BCUT2D eigenvalue weighted by atomic mass is 79.9. The highest BCUT2D eigenvalue weighted by Crippen LogP contribution is 2.40. The second kappa shape index (κ2) is 9.68. The maximum atomic E-state index is 6.29. The molecule has 0 saturated heterocycles. The smallest absolute Gasteiger partial charge is 0.121 e. The van der Waals surface area contributed by atoms with Gasteiger partial charge in [0.05, 0.1) is 0 Å². The minimum absolute atomic E-state index is 0. The third kappa shape index (κ3) is 4.39. The lowest BCUT2D eigenvalue weighted by Crippen LogP contribution is -2.43. The highest BCUT2D eigenvalue weighted by Gasteiger charge is 2.40. The van der Waals surface area contributed by atoms with Crippen LogP contribution in [0.2, 0.25) is 0 Å². The third-order valence-corrected chi connectivity index (χ3v) is 5.80. The van der Waals surface area contributed by atoms with Crippen molar-refractivity contribution in [1.29, 1.82) is 0 Å². The normalized spacial score (nSPS) is 16.0. The van der Waals surface area contributed by atoms with Crippen LogP contribution in [0.5, 0.6) is 0 Å². The molecule has 1 unspecified atom stereocenters. The second-order valence-electron chi connectivity index (χ2n) is 7.59. The van der Waals surface area contributed by atoms with Gasteiger partial charge in [-0.1, -0.05) is 74.0 Å². The molecule has 2 nitrogen and oxygen atoms in total.